The zero-order chi connectivity index (χ0) is 24.3. The molecule has 0 spiro atoms. The minimum atomic E-state index is -5.83. The molecular formula is C16H16ClF6N3O5S. The van der Waals surface area contributed by atoms with Crippen molar-refractivity contribution in [1.29, 1.82) is 0 Å². The maximum absolute atomic E-state index is 12.5. The molecule has 0 atom stereocenters. The Morgan fingerprint density at radius 1 is 1.03 bits per heavy atom. The lowest BCUT2D eigenvalue weighted by atomic mass is 10.1. The number of urea groups is 1. The number of benzene rings is 1. The Morgan fingerprint density at radius 2 is 1.53 bits per heavy atom. The van der Waals surface area contributed by atoms with Crippen molar-refractivity contribution in [3.63, 3.8) is 0 Å². The Bertz CT molecular complexity index is 917. The molecule has 1 aromatic carbocycles. The Kier molecular flexibility index (Phi) is 7.75. The Balaban J connectivity index is 1.87. The van der Waals surface area contributed by atoms with Crippen molar-refractivity contribution in [1.82, 2.24) is 14.9 Å². The molecule has 1 heterocycles. The van der Waals surface area contributed by atoms with Crippen molar-refractivity contribution in [2.75, 3.05) is 13.1 Å². The van der Waals surface area contributed by atoms with Crippen molar-refractivity contribution in [3.8, 4) is 0 Å². The van der Waals surface area contributed by atoms with Crippen LogP contribution >= 0.6 is 11.6 Å². The lowest BCUT2D eigenvalue weighted by molar-refractivity contribution is -0.308. The third-order valence-corrected chi connectivity index (χ3v) is 5.85. The number of piperidine rings is 1. The first-order valence-corrected chi connectivity index (χ1v) is 10.6. The number of ether oxygens (including phenoxy) is 1. The van der Waals surface area contributed by atoms with Crippen LogP contribution in [0.1, 0.15) is 12.8 Å². The highest BCUT2D eigenvalue weighted by Gasteiger charge is 2.60. The Labute approximate surface area is 182 Å². The van der Waals surface area contributed by atoms with E-state index in [1.165, 1.54) is 12.1 Å². The van der Waals surface area contributed by atoms with Crippen molar-refractivity contribution < 1.29 is 49.1 Å². The molecule has 0 saturated carbocycles. The molecule has 1 fully saturated rings. The van der Waals surface area contributed by atoms with Crippen LogP contribution in [0.4, 0.5) is 35.9 Å². The highest BCUT2D eigenvalue weighted by Crippen LogP contribution is 2.36. The van der Waals surface area contributed by atoms with Crippen molar-refractivity contribution in [3.05, 3.63) is 29.3 Å². The molecule has 1 aliphatic rings. The van der Waals surface area contributed by atoms with Crippen molar-refractivity contribution in [2.24, 2.45) is 0 Å². The van der Waals surface area contributed by atoms with E-state index >= 15 is 0 Å². The number of nitrogens with zero attached hydrogens (tertiary/aromatic N) is 1. The van der Waals surface area contributed by atoms with Crippen LogP contribution in [-0.2, 0) is 14.8 Å². The maximum atomic E-state index is 12.5. The Morgan fingerprint density at radius 3 is 2.00 bits per heavy atom. The van der Waals surface area contributed by atoms with E-state index in [0.717, 1.165) is 12.1 Å². The summed E-state index contributed by atoms with van der Waals surface area (Å²) in [5.41, 5.74) is 0. The van der Waals surface area contributed by atoms with Crippen LogP contribution in [0.15, 0.2) is 29.2 Å². The number of hydrogen-bond donors (Lipinski definition) is 2. The normalized spacial score (nSPS) is 16.1. The summed E-state index contributed by atoms with van der Waals surface area (Å²) in [4.78, 5) is 24.1. The van der Waals surface area contributed by atoms with Gasteiger partial charge in [0.2, 0.25) is 0 Å². The van der Waals surface area contributed by atoms with E-state index in [1.54, 1.807) is 4.72 Å². The number of alkyl halides is 6. The number of carbonyl (C=O) groups excluding carboxylic acids is 2. The molecule has 16 heteroatoms. The van der Waals surface area contributed by atoms with E-state index in [-0.39, 0.29) is 35.8 Å². The SMILES string of the molecule is O=C(NC1CCN(C(=O)OC(C(F)(F)F)C(F)(F)F)CC1)NS(=O)(=O)c1ccc(Cl)cc1. The van der Waals surface area contributed by atoms with E-state index in [0.29, 0.717) is 4.90 Å². The highest BCUT2D eigenvalue weighted by molar-refractivity contribution is 7.90. The third-order valence-electron chi connectivity index (χ3n) is 4.25. The van der Waals surface area contributed by atoms with Gasteiger partial charge in [0.1, 0.15) is 0 Å². The van der Waals surface area contributed by atoms with Crippen LogP contribution in [0.5, 0.6) is 0 Å². The standard InChI is InChI=1S/C16H16ClF6N3O5S/c17-9-1-3-11(4-2-9)32(29,30)25-13(27)24-10-5-7-26(8-6-10)14(28)31-12(15(18,19)20)16(21,22)23/h1-4,10,12H,5-8H2,(H2,24,25,27). The van der Waals surface area contributed by atoms with Crippen LogP contribution in [0.3, 0.4) is 0 Å². The molecular weight excluding hydrogens is 496 g/mol. The number of carbonyl (C=O) groups is 2. The van der Waals surface area contributed by atoms with E-state index in [9.17, 15) is 44.3 Å². The van der Waals surface area contributed by atoms with Gasteiger partial charge in [0.05, 0.1) is 4.90 Å². The fourth-order valence-electron chi connectivity index (χ4n) is 2.71. The minimum Gasteiger partial charge on any atom is -0.426 e. The topological polar surface area (TPSA) is 105 Å². The molecule has 8 nitrogen and oxygen atoms in total. The van der Waals surface area contributed by atoms with Gasteiger partial charge in [-0.25, -0.2) is 22.7 Å². The van der Waals surface area contributed by atoms with Crippen LogP contribution < -0.4 is 10.0 Å². The summed E-state index contributed by atoms with van der Waals surface area (Å²) in [6, 6.07) is 3.13. The molecule has 2 rings (SSSR count). The minimum absolute atomic E-state index is 0.0633. The number of nitrogens with one attached hydrogen (secondary N) is 2. The summed E-state index contributed by atoms with van der Waals surface area (Å²) in [6.07, 6.45) is -17.9. The van der Waals surface area contributed by atoms with Crippen LogP contribution in [0.25, 0.3) is 0 Å². The highest BCUT2D eigenvalue weighted by atomic mass is 35.5. The van der Waals surface area contributed by atoms with Gasteiger partial charge >= 0.3 is 24.5 Å². The largest absolute Gasteiger partial charge is 0.434 e. The van der Waals surface area contributed by atoms with E-state index in [2.05, 4.69) is 10.1 Å². The quantitative estimate of drug-likeness (QED) is 0.603. The summed E-state index contributed by atoms with van der Waals surface area (Å²) in [7, 11) is -4.21. The number of likely N-dealkylation sites (tertiary alicyclic amines) is 1. The van der Waals surface area contributed by atoms with E-state index in [1.807, 2.05) is 0 Å². The first kappa shape index (κ1) is 25.8. The fourth-order valence-corrected chi connectivity index (χ4v) is 3.75. The fraction of sp³-hybridized carbons (Fsp3) is 0.500. The van der Waals surface area contributed by atoms with Gasteiger partial charge in [-0.3, -0.25) is 0 Å². The van der Waals surface area contributed by atoms with E-state index in [4.69, 9.17) is 11.6 Å². The average molecular weight is 512 g/mol. The van der Waals surface area contributed by atoms with Gasteiger partial charge in [-0.15, -0.1) is 0 Å². The second-order valence-corrected chi connectivity index (χ2v) is 8.76. The summed E-state index contributed by atoms with van der Waals surface area (Å²) >= 11 is 5.66. The molecule has 0 aromatic heterocycles. The van der Waals surface area contributed by atoms with E-state index < -0.39 is 46.6 Å². The molecule has 0 bridgehead atoms. The molecule has 1 aliphatic heterocycles. The first-order valence-electron chi connectivity index (χ1n) is 8.77. The van der Waals surface area contributed by atoms with Crippen molar-refractivity contribution in [2.45, 2.75) is 42.2 Å². The second kappa shape index (κ2) is 9.60. The lowest BCUT2D eigenvalue weighted by Crippen LogP contribution is -2.52. The molecule has 32 heavy (non-hydrogen) atoms. The predicted octanol–water partition coefficient (Wildman–Crippen LogP) is 3.42. The van der Waals surface area contributed by atoms with Gasteiger partial charge < -0.3 is 15.0 Å². The van der Waals surface area contributed by atoms with Gasteiger partial charge in [0.25, 0.3) is 16.1 Å². The van der Waals surface area contributed by atoms with Crippen LogP contribution in [-0.4, -0.2) is 63.0 Å². The summed E-state index contributed by atoms with van der Waals surface area (Å²) in [5.74, 6) is 0. The van der Waals surface area contributed by atoms with Gasteiger partial charge in [-0.05, 0) is 37.1 Å². The molecule has 1 saturated heterocycles. The monoisotopic (exact) mass is 511 g/mol. The molecule has 0 radical (unpaired) electrons. The zero-order valence-corrected chi connectivity index (χ0v) is 17.4. The summed E-state index contributed by atoms with van der Waals surface area (Å²) in [6.45, 7) is -0.647. The molecule has 2 N–H and O–H groups in total. The molecule has 1 aromatic rings. The van der Waals surface area contributed by atoms with Crippen LogP contribution in [0.2, 0.25) is 5.02 Å². The van der Waals surface area contributed by atoms with Gasteiger partial charge in [0, 0.05) is 24.2 Å². The summed E-state index contributed by atoms with van der Waals surface area (Å²) in [5, 5.41) is 2.58. The van der Waals surface area contributed by atoms with Gasteiger partial charge in [-0.2, -0.15) is 26.3 Å². The lowest BCUT2D eigenvalue weighted by Gasteiger charge is -2.33. The van der Waals surface area contributed by atoms with Crippen molar-refractivity contribution >= 4 is 33.7 Å². The predicted molar refractivity (Wildman–Crippen MR) is 97.3 cm³/mol. The smallest absolute Gasteiger partial charge is 0.426 e. The Hall–Kier alpha value is -2.42. The summed E-state index contributed by atoms with van der Waals surface area (Å²) < 4.78 is 105. The number of amides is 3. The van der Waals surface area contributed by atoms with Crippen LogP contribution in [0, 0.1) is 0 Å². The van der Waals surface area contributed by atoms with Gasteiger partial charge in [0.15, 0.2) is 0 Å². The van der Waals surface area contributed by atoms with Gasteiger partial charge in [-0.1, -0.05) is 11.6 Å². The molecule has 0 aliphatic carbocycles. The zero-order valence-electron chi connectivity index (χ0n) is 15.8. The number of rotatable bonds is 4. The first-order chi connectivity index (χ1) is 14.6. The molecule has 0 unspecified atom stereocenters. The maximum Gasteiger partial charge on any atom is 0.434 e. The third kappa shape index (κ3) is 7.05. The molecule has 3 amide bonds. The average Bonchev–Trinajstić information content (AvgIpc) is 2.64. The second-order valence-electron chi connectivity index (χ2n) is 6.64. The number of sulfonamides is 1. The number of hydrogen-bond acceptors (Lipinski definition) is 5. The molecule has 180 valence electrons. The number of halogens is 7.